The summed E-state index contributed by atoms with van der Waals surface area (Å²) in [4.78, 5) is 11.9. The number of benzene rings is 2. The lowest BCUT2D eigenvalue weighted by molar-refractivity contribution is -0.117. The SMILES string of the molecule is O=C(Cc1ccc(Br)cc1)Cc1ccccc1Cl. The fourth-order valence-electron chi connectivity index (χ4n) is 1.75. The van der Waals surface area contributed by atoms with Crippen molar-refractivity contribution in [2.45, 2.75) is 12.8 Å². The van der Waals surface area contributed by atoms with E-state index < -0.39 is 0 Å². The van der Waals surface area contributed by atoms with Crippen LogP contribution in [0.25, 0.3) is 0 Å². The van der Waals surface area contributed by atoms with Crippen LogP contribution >= 0.6 is 27.5 Å². The highest BCUT2D eigenvalue weighted by molar-refractivity contribution is 9.10. The standard InChI is InChI=1S/C15H12BrClO/c16-13-7-5-11(6-8-13)9-14(18)10-12-3-1-2-4-15(12)17/h1-8H,9-10H2. The maximum atomic E-state index is 11.9. The van der Waals surface area contributed by atoms with Gasteiger partial charge in [-0.3, -0.25) is 4.79 Å². The molecule has 2 rings (SSSR count). The molecule has 0 aliphatic rings. The molecule has 0 radical (unpaired) electrons. The van der Waals surface area contributed by atoms with Gasteiger partial charge < -0.3 is 0 Å². The first-order valence-corrected chi connectivity index (χ1v) is 6.82. The second-order valence-corrected chi connectivity index (χ2v) is 5.43. The van der Waals surface area contributed by atoms with Crippen molar-refractivity contribution < 1.29 is 4.79 Å². The Kier molecular flexibility index (Phi) is 4.56. The lowest BCUT2D eigenvalue weighted by Crippen LogP contribution is -2.06. The monoisotopic (exact) mass is 322 g/mol. The normalized spacial score (nSPS) is 10.3. The van der Waals surface area contributed by atoms with Crippen LogP contribution in [0.5, 0.6) is 0 Å². The number of Topliss-reactive ketones (excluding diaryl/α,β-unsaturated/α-hetero) is 1. The van der Waals surface area contributed by atoms with Gasteiger partial charge in [-0.05, 0) is 29.3 Å². The quantitative estimate of drug-likeness (QED) is 0.812. The van der Waals surface area contributed by atoms with Crippen LogP contribution in [0.15, 0.2) is 53.0 Å². The molecule has 0 atom stereocenters. The Balaban J connectivity index is 2.01. The zero-order valence-corrected chi connectivity index (χ0v) is 12.0. The number of hydrogen-bond acceptors (Lipinski definition) is 1. The van der Waals surface area contributed by atoms with Crippen LogP contribution in [0.4, 0.5) is 0 Å². The van der Waals surface area contributed by atoms with Gasteiger partial charge in [0.25, 0.3) is 0 Å². The summed E-state index contributed by atoms with van der Waals surface area (Å²) in [6.45, 7) is 0. The minimum Gasteiger partial charge on any atom is -0.299 e. The minimum absolute atomic E-state index is 0.172. The van der Waals surface area contributed by atoms with Crippen LogP contribution in [0.3, 0.4) is 0 Å². The van der Waals surface area contributed by atoms with Crippen LogP contribution in [0.1, 0.15) is 11.1 Å². The van der Waals surface area contributed by atoms with Crippen molar-refractivity contribution in [2.24, 2.45) is 0 Å². The zero-order chi connectivity index (χ0) is 13.0. The van der Waals surface area contributed by atoms with Crippen molar-refractivity contribution in [3.63, 3.8) is 0 Å². The number of carbonyl (C=O) groups excluding carboxylic acids is 1. The summed E-state index contributed by atoms with van der Waals surface area (Å²) in [5, 5.41) is 0.654. The molecule has 0 fully saturated rings. The molecular formula is C15H12BrClO. The molecule has 18 heavy (non-hydrogen) atoms. The topological polar surface area (TPSA) is 17.1 Å². The van der Waals surface area contributed by atoms with Gasteiger partial charge in [0, 0.05) is 22.3 Å². The molecular weight excluding hydrogens is 312 g/mol. The predicted octanol–water partition coefficient (Wildman–Crippen LogP) is 4.46. The molecule has 92 valence electrons. The van der Waals surface area contributed by atoms with Crippen molar-refractivity contribution in [3.8, 4) is 0 Å². The number of ketones is 1. The fourth-order valence-corrected chi connectivity index (χ4v) is 2.21. The Hall–Kier alpha value is -1.12. The molecule has 0 unspecified atom stereocenters. The van der Waals surface area contributed by atoms with Gasteiger partial charge in [-0.2, -0.15) is 0 Å². The van der Waals surface area contributed by atoms with Gasteiger partial charge >= 0.3 is 0 Å². The largest absolute Gasteiger partial charge is 0.299 e. The van der Waals surface area contributed by atoms with Crippen molar-refractivity contribution >= 4 is 33.3 Å². The van der Waals surface area contributed by atoms with Crippen molar-refractivity contribution in [1.82, 2.24) is 0 Å². The first kappa shape index (κ1) is 13.3. The smallest absolute Gasteiger partial charge is 0.141 e. The van der Waals surface area contributed by atoms with E-state index in [0.29, 0.717) is 17.9 Å². The Morgan fingerprint density at radius 3 is 2.33 bits per heavy atom. The van der Waals surface area contributed by atoms with E-state index in [1.165, 1.54) is 0 Å². The van der Waals surface area contributed by atoms with Crippen molar-refractivity contribution in [1.29, 1.82) is 0 Å². The predicted molar refractivity (Wildman–Crippen MR) is 78.0 cm³/mol. The van der Waals surface area contributed by atoms with E-state index in [4.69, 9.17) is 11.6 Å². The Morgan fingerprint density at radius 1 is 1.00 bits per heavy atom. The molecule has 1 nitrogen and oxygen atoms in total. The third kappa shape index (κ3) is 3.69. The molecule has 2 aromatic rings. The molecule has 0 aliphatic heterocycles. The van der Waals surface area contributed by atoms with Gasteiger partial charge in [-0.15, -0.1) is 0 Å². The molecule has 0 spiro atoms. The summed E-state index contributed by atoms with van der Waals surface area (Å²) < 4.78 is 1.02. The van der Waals surface area contributed by atoms with Gasteiger partial charge in [0.15, 0.2) is 0 Å². The maximum absolute atomic E-state index is 11.9. The van der Waals surface area contributed by atoms with E-state index in [0.717, 1.165) is 15.6 Å². The van der Waals surface area contributed by atoms with Crippen LogP contribution < -0.4 is 0 Å². The zero-order valence-electron chi connectivity index (χ0n) is 9.70. The van der Waals surface area contributed by atoms with E-state index in [-0.39, 0.29) is 5.78 Å². The molecule has 0 bridgehead atoms. The molecule has 0 aliphatic carbocycles. The van der Waals surface area contributed by atoms with Gasteiger partial charge in [0.05, 0.1) is 0 Å². The molecule has 0 N–H and O–H groups in total. The fraction of sp³-hybridized carbons (Fsp3) is 0.133. The van der Waals surface area contributed by atoms with E-state index >= 15 is 0 Å². The summed E-state index contributed by atoms with van der Waals surface area (Å²) in [5.74, 6) is 0.172. The van der Waals surface area contributed by atoms with Gasteiger partial charge in [-0.25, -0.2) is 0 Å². The molecule has 0 saturated heterocycles. The highest BCUT2D eigenvalue weighted by Crippen LogP contribution is 2.17. The van der Waals surface area contributed by atoms with Gasteiger partial charge in [0.2, 0.25) is 0 Å². The summed E-state index contributed by atoms with van der Waals surface area (Å²) in [7, 11) is 0. The molecule has 2 aromatic carbocycles. The Bertz CT molecular complexity index is 549. The van der Waals surface area contributed by atoms with Crippen molar-refractivity contribution in [2.75, 3.05) is 0 Å². The molecule has 0 aromatic heterocycles. The van der Waals surface area contributed by atoms with E-state index in [1.54, 1.807) is 0 Å². The summed E-state index contributed by atoms with van der Waals surface area (Å²) >= 11 is 9.41. The average Bonchev–Trinajstić information content (AvgIpc) is 2.35. The van der Waals surface area contributed by atoms with Crippen LogP contribution in [-0.4, -0.2) is 5.78 Å². The first-order chi connectivity index (χ1) is 8.65. The molecule has 0 amide bonds. The van der Waals surface area contributed by atoms with Crippen LogP contribution in [-0.2, 0) is 17.6 Å². The third-order valence-electron chi connectivity index (χ3n) is 2.66. The minimum atomic E-state index is 0.172. The third-order valence-corrected chi connectivity index (χ3v) is 3.56. The number of hydrogen-bond donors (Lipinski definition) is 0. The second kappa shape index (κ2) is 6.17. The summed E-state index contributed by atoms with van der Waals surface area (Å²) in [6, 6.07) is 15.3. The Labute approximate surface area is 120 Å². The number of rotatable bonds is 4. The van der Waals surface area contributed by atoms with E-state index in [1.807, 2.05) is 48.5 Å². The number of halogens is 2. The second-order valence-electron chi connectivity index (χ2n) is 4.11. The molecule has 0 heterocycles. The first-order valence-electron chi connectivity index (χ1n) is 5.65. The lowest BCUT2D eigenvalue weighted by Gasteiger charge is -2.04. The maximum Gasteiger partial charge on any atom is 0.141 e. The van der Waals surface area contributed by atoms with E-state index in [2.05, 4.69) is 15.9 Å². The van der Waals surface area contributed by atoms with Crippen molar-refractivity contribution in [3.05, 3.63) is 69.2 Å². The highest BCUT2D eigenvalue weighted by Gasteiger charge is 2.07. The summed E-state index contributed by atoms with van der Waals surface area (Å²) in [6.07, 6.45) is 0.828. The highest BCUT2D eigenvalue weighted by atomic mass is 79.9. The van der Waals surface area contributed by atoms with Gasteiger partial charge in [-0.1, -0.05) is 57.9 Å². The average molecular weight is 324 g/mol. The lowest BCUT2D eigenvalue weighted by atomic mass is 10.0. The Morgan fingerprint density at radius 2 is 1.67 bits per heavy atom. The van der Waals surface area contributed by atoms with Gasteiger partial charge in [0.1, 0.15) is 5.78 Å². The van der Waals surface area contributed by atoms with Crippen LogP contribution in [0.2, 0.25) is 5.02 Å². The molecule has 0 saturated carbocycles. The number of carbonyl (C=O) groups is 1. The summed E-state index contributed by atoms with van der Waals surface area (Å²) in [5.41, 5.74) is 1.91. The molecule has 3 heteroatoms. The van der Waals surface area contributed by atoms with Crippen LogP contribution in [0, 0.1) is 0 Å². The van der Waals surface area contributed by atoms with E-state index in [9.17, 15) is 4.79 Å².